The highest BCUT2D eigenvalue weighted by atomic mass is 127. The zero-order valence-electron chi connectivity index (χ0n) is 15.1. The molecule has 0 saturated heterocycles. The summed E-state index contributed by atoms with van der Waals surface area (Å²) in [6, 6.07) is 20.7. The minimum Gasteiger partial charge on any atom is -0.869 e. The average molecular weight is 484 g/mol. The third-order valence-electron chi connectivity index (χ3n) is 4.36. The normalized spacial score (nSPS) is 10.9. The van der Waals surface area contributed by atoms with Gasteiger partial charge in [0.05, 0.1) is 13.7 Å². The third-order valence-corrected chi connectivity index (χ3v) is 7.19. The molecular weight excluding hydrogens is 467 g/mol. The van der Waals surface area contributed by atoms with Gasteiger partial charge in [0.25, 0.3) is 3.57 Å². The first-order chi connectivity index (χ1) is 13.7. The lowest BCUT2D eigenvalue weighted by atomic mass is 10.2. The number of fused-ring (bicyclic) bond motifs is 1. The average Bonchev–Trinajstić information content (AvgIpc) is 2.75. The number of hydrogen-bond donors (Lipinski definition) is 0. The Morgan fingerprint density at radius 3 is 2.50 bits per heavy atom. The number of benzene rings is 2. The van der Waals surface area contributed by atoms with Crippen LogP contribution in [0.3, 0.4) is 0 Å². The maximum Gasteiger partial charge on any atom is 0.363 e. The van der Waals surface area contributed by atoms with Gasteiger partial charge in [0.1, 0.15) is 11.4 Å². The Kier molecular flexibility index (Phi) is 5.29. The van der Waals surface area contributed by atoms with Crippen molar-refractivity contribution in [2.45, 2.75) is 6.54 Å². The fraction of sp³-hybridized carbons (Fsp3) is 0.0909. The molecule has 4 rings (SSSR count). The zero-order chi connectivity index (χ0) is 19.5. The van der Waals surface area contributed by atoms with Crippen LogP contribution in [0.4, 0.5) is 0 Å². The number of ether oxygens (including phenoxy) is 1. The summed E-state index contributed by atoms with van der Waals surface area (Å²) in [5.74, 6) is 0.556. The van der Waals surface area contributed by atoms with Crippen molar-refractivity contribution in [3.05, 3.63) is 96.0 Å². The van der Waals surface area contributed by atoms with Crippen molar-refractivity contribution < 1.29 is 31.0 Å². The predicted octanol–water partition coefficient (Wildman–Crippen LogP) is -0.345. The van der Waals surface area contributed by atoms with Crippen LogP contribution in [0.15, 0.2) is 77.7 Å². The molecule has 0 spiro atoms. The molecule has 0 amide bonds. The lowest BCUT2D eigenvalue weighted by Crippen LogP contribution is -3.62. The van der Waals surface area contributed by atoms with Gasteiger partial charge in [-0.2, -0.15) is 0 Å². The van der Waals surface area contributed by atoms with Gasteiger partial charge in [-0.25, -0.2) is 4.98 Å². The molecule has 0 saturated carbocycles. The molecule has 4 aromatic rings. The molecule has 5 nitrogen and oxygen atoms in total. The molecule has 0 radical (unpaired) electrons. The monoisotopic (exact) mass is 484 g/mol. The van der Waals surface area contributed by atoms with Gasteiger partial charge in [0, 0.05) is 11.6 Å². The number of hydrogen-bond acceptors (Lipinski definition) is 4. The van der Waals surface area contributed by atoms with E-state index < -0.39 is 21.2 Å². The predicted molar refractivity (Wildman–Crippen MR) is 101 cm³/mol. The molecule has 0 N–H and O–H groups in total. The van der Waals surface area contributed by atoms with Crippen molar-refractivity contribution in [3.63, 3.8) is 0 Å². The van der Waals surface area contributed by atoms with Crippen molar-refractivity contribution in [2.24, 2.45) is 0 Å². The van der Waals surface area contributed by atoms with Crippen molar-refractivity contribution in [2.75, 3.05) is 7.11 Å². The molecule has 0 unspecified atom stereocenters. The summed E-state index contributed by atoms with van der Waals surface area (Å²) in [6.45, 7) is 0.349. The Morgan fingerprint density at radius 2 is 1.79 bits per heavy atom. The summed E-state index contributed by atoms with van der Waals surface area (Å²) < 4.78 is 8.22. The Hall–Kier alpha value is -2.87. The summed E-state index contributed by atoms with van der Waals surface area (Å²) >= 11 is -0.884. The second kappa shape index (κ2) is 8.02. The van der Waals surface area contributed by atoms with Gasteiger partial charge >= 0.3 is 26.8 Å². The van der Waals surface area contributed by atoms with E-state index in [2.05, 4.69) is 4.98 Å². The highest BCUT2D eigenvalue weighted by Gasteiger charge is 2.25. The molecule has 2 heterocycles. The van der Waals surface area contributed by atoms with E-state index in [4.69, 9.17) is 4.74 Å². The lowest BCUT2D eigenvalue weighted by Gasteiger charge is -2.15. The standard InChI is InChI=1S/C22H17IN2O3/c1-28-17-11-9-15(10-12-17)14-25-21-18(8-5-13-24-21)20(26)19(22(25)27)23-16-6-3-2-4-7-16/h2-13H,14H2,1H3. The van der Waals surface area contributed by atoms with E-state index in [0.717, 1.165) is 14.9 Å². The number of rotatable bonds is 5. The molecule has 0 aliphatic heterocycles. The van der Waals surface area contributed by atoms with Crippen LogP contribution < -0.4 is 36.6 Å². The van der Waals surface area contributed by atoms with Gasteiger partial charge in [-0.3, -0.25) is 9.36 Å². The number of aromatic nitrogens is 2. The molecule has 0 fully saturated rings. The van der Waals surface area contributed by atoms with Gasteiger partial charge < -0.3 is 9.84 Å². The number of halogens is 1. The fourth-order valence-corrected chi connectivity index (χ4v) is 5.40. The third kappa shape index (κ3) is 3.60. The number of methoxy groups -OCH3 is 1. The van der Waals surface area contributed by atoms with Gasteiger partial charge in [0.15, 0.2) is 3.57 Å². The smallest absolute Gasteiger partial charge is 0.363 e. The number of nitrogens with zero attached hydrogens (tertiary/aromatic N) is 2. The first kappa shape index (κ1) is 18.5. The van der Waals surface area contributed by atoms with Gasteiger partial charge in [-0.15, -0.1) is 0 Å². The van der Waals surface area contributed by atoms with E-state index in [1.54, 1.807) is 30.0 Å². The van der Waals surface area contributed by atoms with Crippen LogP contribution in [-0.4, -0.2) is 16.7 Å². The van der Waals surface area contributed by atoms with Gasteiger partial charge in [-0.1, -0.05) is 36.4 Å². The first-order valence-corrected chi connectivity index (χ1v) is 10.8. The molecule has 0 aliphatic carbocycles. The van der Waals surface area contributed by atoms with E-state index >= 15 is 0 Å². The van der Waals surface area contributed by atoms with Crippen molar-refractivity contribution >= 4 is 11.0 Å². The molecule has 0 atom stereocenters. The van der Waals surface area contributed by atoms with Crippen LogP contribution in [0.1, 0.15) is 5.56 Å². The minimum atomic E-state index is -0.884. The topological polar surface area (TPSA) is 67.2 Å². The second-order valence-corrected chi connectivity index (χ2v) is 9.01. The molecule has 2 aromatic heterocycles. The molecule has 6 heteroatoms. The SMILES string of the molecule is COc1ccc(Cn2c(=O)c([I+]c3ccccc3)c([O-])c3cccnc32)cc1. The second-order valence-electron chi connectivity index (χ2n) is 6.15. The van der Waals surface area contributed by atoms with E-state index in [1.165, 1.54) is 0 Å². The van der Waals surface area contributed by atoms with Crippen LogP contribution in [0.25, 0.3) is 11.0 Å². The zero-order valence-corrected chi connectivity index (χ0v) is 17.3. The number of pyridine rings is 2. The summed E-state index contributed by atoms with van der Waals surface area (Å²) in [4.78, 5) is 17.6. The van der Waals surface area contributed by atoms with Crippen molar-refractivity contribution in [1.29, 1.82) is 0 Å². The van der Waals surface area contributed by atoms with Crippen LogP contribution in [0.2, 0.25) is 0 Å². The van der Waals surface area contributed by atoms with E-state index in [1.807, 2.05) is 54.6 Å². The summed E-state index contributed by atoms with van der Waals surface area (Å²) in [7, 11) is 1.61. The van der Waals surface area contributed by atoms with Crippen LogP contribution in [0, 0.1) is 7.14 Å². The quantitative estimate of drug-likeness (QED) is 0.364. The Bertz CT molecular complexity index is 1170. The van der Waals surface area contributed by atoms with Gasteiger partial charge in [-0.05, 0) is 41.6 Å². The van der Waals surface area contributed by atoms with Crippen LogP contribution in [0.5, 0.6) is 11.5 Å². The first-order valence-electron chi connectivity index (χ1n) is 8.68. The van der Waals surface area contributed by atoms with Crippen molar-refractivity contribution in [3.8, 4) is 11.5 Å². The molecule has 28 heavy (non-hydrogen) atoms. The van der Waals surface area contributed by atoms with E-state index in [0.29, 0.717) is 21.1 Å². The Balaban J connectivity index is 1.85. The Morgan fingerprint density at radius 1 is 1.04 bits per heavy atom. The summed E-state index contributed by atoms with van der Waals surface area (Å²) in [6.07, 6.45) is 1.61. The Labute approximate surface area is 172 Å². The minimum absolute atomic E-state index is 0.198. The highest BCUT2D eigenvalue weighted by Crippen LogP contribution is 2.19. The maximum absolute atomic E-state index is 13.3. The lowest BCUT2D eigenvalue weighted by molar-refractivity contribution is -0.605. The van der Waals surface area contributed by atoms with Crippen LogP contribution in [-0.2, 0) is 6.54 Å². The molecule has 0 bridgehead atoms. The molecular formula is C22H17IN2O3. The largest absolute Gasteiger partial charge is 0.869 e. The molecule has 0 aliphatic rings. The molecule has 2 aromatic carbocycles. The highest BCUT2D eigenvalue weighted by molar-refractivity contribution is 5.81. The summed E-state index contributed by atoms with van der Waals surface area (Å²) in [5.41, 5.74) is 1.12. The van der Waals surface area contributed by atoms with E-state index in [-0.39, 0.29) is 11.3 Å². The van der Waals surface area contributed by atoms with E-state index in [9.17, 15) is 9.90 Å². The fourth-order valence-electron chi connectivity index (χ4n) is 2.95. The summed E-state index contributed by atoms with van der Waals surface area (Å²) in [5, 5.41) is 13.5. The molecule has 140 valence electrons. The van der Waals surface area contributed by atoms with Crippen LogP contribution >= 0.6 is 0 Å². The van der Waals surface area contributed by atoms with Gasteiger partial charge in [0.2, 0.25) is 0 Å². The van der Waals surface area contributed by atoms with Crippen molar-refractivity contribution in [1.82, 2.24) is 9.55 Å². The maximum atomic E-state index is 13.3.